The minimum atomic E-state index is 0.0303. The van der Waals surface area contributed by atoms with Gasteiger partial charge in [0.05, 0.1) is 11.1 Å². The lowest BCUT2D eigenvalue weighted by Crippen LogP contribution is -2.15. The number of benzene rings is 2. The molecule has 0 bridgehead atoms. The molecule has 0 aliphatic carbocycles. The highest BCUT2D eigenvalue weighted by Gasteiger charge is 2.12. The largest absolute Gasteiger partial charge is 0.492 e. The molecule has 0 radical (unpaired) electrons. The van der Waals surface area contributed by atoms with Crippen LogP contribution in [-0.4, -0.2) is 12.5 Å². The van der Waals surface area contributed by atoms with E-state index in [1.807, 2.05) is 44.2 Å². The SMILES string of the molecule is Cc1ccc(OCCCC(=O)Nc2c(C)cccc2C(C)C)c(Br)c1. The van der Waals surface area contributed by atoms with Crippen LogP contribution in [0.5, 0.6) is 5.75 Å². The molecule has 0 saturated heterocycles. The van der Waals surface area contributed by atoms with Crippen molar-refractivity contribution in [2.24, 2.45) is 0 Å². The lowest BCUT2D eigenvalue weighted by Gasteiger charge is -2.16. The van der Waals surface area contributed by atoms with Gasteiger partial charge in [0.1, 0.15) is 5.75 Å². The Morgan fingerprint density at radius 1 is 1.20 bits per heavy atom. The van der Waals surface area contributed by atoms with Gasteiger partial charge in [-0.25, -0.2) is 0 Å². The van der Waals surface area contributed by atoms with Crippen molar-refractivity contribution < 1.29 is 9.53 Å². The van der Waals surface area contributed by atoms with Crippen molar-refractivity contribution in [1.29, 1.82) is 0 Å². The number of hydrogen-bond acceptors (Lipinski definition) is 2. The fourth-order valence-corrected chi connectivity index (χ4v) is 3.29. The third-order valence-electron chi connectivity index (χ3n) is 4.08. The van der Waals surface area contributed by atoms with E-state index in [-0.39, 0.29) is 5.91 Å². The van der Waals surface area contributed by atoms with E-state index in [0.717, 1.165) is 21.5 Å². The van der Waals surface area contributed by atoms with E-state index in [4.69, 9.17) is 4.74 Å². The van der Waals surface area contributed by atoms with Gasteiger partial charge in [0.25, 0.3) is 0 Å². The van der Waals surface area contributed by atoms with E-state index in [1.165, 1.54) is 11.1 Å². The summed E-state index contributed by atoms with van der Waals surface area (Å²) in [6, 6.07) is 12.1. The normalized spacial score (nSPS) is 10.8. The molecule has 0 aliphatic rings. The first-order valence-electron chi connectivity index (χ1n) is 8.66. The monoisotopic (exact) mass is 403 g/mol. The van der Waals surface area contributed by atoms with E-state index in [9.17, 15) is 4.79 Å². The van der Waals surface area contributed by atoms with Crippen molar-refractivity contribution >= 4 is 27.5 Å². The molecule has 134 valence electrons. The molecule has 0 unspecified atom stereocenters. The van der Waals surface area contributed by atoms with Crippen LogP contribution in [0.4, 0.5) is 5.69 Å². The van der Waals surface area contributed by atoms with Crippen molar-refractivity contribution in [2.45, 2.75) is 46.5 Å². The molecule has 1 amide bonds. The molecule has 0 spiro atoms. The first-order chi connectivity index (χ1) is 11.9. The standard InChI is InChI=1S/C21H26BrNO2/c1-14(2)17-8-5-7-16(4)21(17)23-20(24)9-6-12-25-19-11-10-15(3)13-18(19)22/h5,7-8,10-11,13-14H,6,9,12H2,1-4H3,(H,23,24). The number of rotatable bonds is 7. The van der Waals surface area contributed by atoms with Crippen LogP contribution >= 0.6 is 15.9 Å². The van der Waals surface area contributed by atoms with Crippen LogP contribution in [0.15, 0.2) is 40.9 Å². The molecule has 0 atom stereocenters. The minimum absolute atomic E-state index is 0.0303. The number of amides is 1. The summed E-state index contributed by atoms with van der Waals surface area (Å²) >= 11 is 3.50. The summed E-state index contributed by atoms with van der Waals surface area (Å²) in [6.07, 6.45) is 1.12. The molecule has 0 aliphatic heterocycles. The van der Waals surface area contributed by atoms with Gasteiger partial charge in [-0.3, -0.25) is 4.79 Å². The Kier molecular flexibility index (Phi) is 7.06. The summed E-state index contributed by atoms with van der Waals surface area (Å²) in [7, 11) is 0. The summed E-state index contributed by atoms with van der Waals surface area (Å²) in [4.78, 5) is 12.3. The Morgan fingerprint density at radius 2 is 1.96 bits per heavy atom. The van der Waals surface area contributed by atoms with Crippen LogP contribution in [0.1, 0.15) is 49.3 Å². The highest BCUT2D eigenvalue weighted by molar-refractivity contribution is 9.10. The summed E-state index contributed by atoms with van der Waals surface area (Å²) in [6.45, 7) is 8.85. The van der Waals surface area contributed by atoms with E-state index in [0.29, 0.717) is 25.4 Å². The number of para-hydroxylation sites is 1. The molecule has 0 heterocycles. The maximum Gasteiger partial charge on any atom is 0.224 e. The van der Waals surface area contributed by atoms with Gasteiger partial charge in [-0.2, -0.15) is 0 Å². The summed E-state index contributed by atoms with van der Waals surface area (Å²) in [5, 5.41) is 3.07. The number of hydrogen-bond donors (Lipinski definition) is 1. The number of aryl methyl sites for hydroxylation is 2. The molecule has 0 fully saturated rings. The number of nitrogens with one attached hydrogen (secondary N) is 1. The summed E-state index contributed by atoms with van der Waals surface area (Å²) < 4.78 is 6.69. The summed E-state index contributed by atoms with van der Waals surface area (Å²) in [5.74, 6) is 1.21. The molecule has 2 rings (SSSR count). The van der Waals surface area contributed by atoms with Crippen molar-refractivity contribution in [1.82, 2.24) is 0 Å². The lowest BCUT2D eigenvalue weighted by atomic mass is 9.98. The van der Waals surface area contributed by atoms with Gasteiger partial charge < -0.3 is 10.1 Å². The third kappa shape index (κ3) is 5.60. The smallest absolute Gasteiger partial charge is 0.224 e. The molecule has 1 N–H and O–H groups in total. The van der Waals surface area contributed by atoms with Crippen molar-refractivity contribution in [3.63, 3.8) is 0 Å². The number of ether oxygens (including phenoxy) is 1. The number of halogens is 1. The predicted molar refractivity (Wildman–Crippen MR) is 108 cm³/mol. The first kappa shape index (κ1) is 19.5. The Balaban J connectivity index is 1.85. The fraction of sp³-hybridized carbons (Fsp3) is 0.381. The van der Waals surface area contributed by atoms with E-state index in [2.05, 4.69) is 41.2 Å². The average molecular weight is 404 g/mol. The second kappa shape index (κ2) is 9.04. The van der Waals surface area contributed by atoms with Crippen molar-refractivity contribution in [3.8, 4) is 5.75 Å². The first-order valence-corrected chi connectivity index (χ1v) is 9.46. The zero-order valence-electron chi connectivity index (χ0n) is 15.4. The van der Waals surface area contributed by atoms with Crippen LogP contribution in [0.2, 0.25) is 0 Å². The molecular formula is C21H26BrNO2. The zero-order chi connectivity index (χ0) is 18.4. The molecule has 3 nitrogen and oxygen atoms in total. The summed E-state index contributed by atoms with van der Waals surface area (Å²) in [5.41, 5.74) is 4.40. The Hall–Kier alpha value is -1.81. The van der Waals surface area contributed by atoms with Gasteiger partial charge >= 0.3 is 0 Å². The quantitative estimate of drug-likeness (QED) is 0.576. The molecule has 0 saturated carbocycles. The highest BCUT2D eigenvalue weighted by Crippen LogP contribution is 2.28. The zero-order valence-corrected chi connectivity index (χ0v) is 16.9. The van der Waals surface area contributed by atoms with Crippen LogP contribution < -0.4 is 10.1 Å². The van der Waals surface area contributed by atoms with Crippen LogP contribution in [0.3, 0.4) is 0 Å². The van der Waals surface area contributed by atoms with Crippen molar-refractivity contribution in [3.05, 3.63) is 57.6 Å². The van der Waals surface area contributed by atoms with Gasteiger partial charge in [-0.15, -0.1) is 0 Å². The van der Waals surface area contributed by atoms with Crippen molar-refractivity contribution in [2.75, 3.05) is 11.9 Å². The van der Waals surface area contributed by atoms with E-state index < -0.39 is 0 Å². The molecule has 0 aromatic heterocycles. The maximum atomic E-state index is 12.3. The van der Waals surface area contributed by atoms with Crippen LogP contribution in [0.25, 0.3) is 0 Å². The Labute approximate surface area is 158 Å². The average Bonchev–Trinajstić information content (AvgIpc) is 2.55. The molecular weight excluding hydrogens is 378 g/mol. The second-order valence-electron chi connectivity index (χ2n) is 6.63. The molecule has 2 aromatic carbocycles. The Morgan fingerprint density at radius 3 is 2.64 bits per heavy atom. The van der Waals surface area contributed by atoms with Gasteiger partial charge in [0.2, 0.25) is 5.91 Å². The third-order valence-corrected chi connectivity index (χ3v) is 4.70. The van der Waals surface area contributed by atoms with Gasteiger partial charge in [0.15, 0.2) is 0 Å². The maximum absolute atomic E-state index is 12.3. The topological polar surface area (TPSA) is 38.3 Å². The number of anilines is 1. The molecule has 2 aromatic rings. The Bertz CT molecular complexity index is 741. The highest BCUT2D eigenvalue weighted by atomic mass is 79.9. The number of carbonyl (C=O) groups is 1. The van der Waals surface area contributed by atoms with Crippen LogP contribution in [0, 0.1) is 13.8 Å². The van der Waals surface area contributed by atoms with Gasteiger partial charge in [-0.05, 0) is 70.9 Å². The number of carbonyl (C=O) groups excluding carboxylic acids is 1. The fourth-order valence-electron chi connectivity index (χ4n) is 2.68. The van der Waals surface area contributed by atoms with Gasteiger partial charge in [0, 0.05) is 12.1 Å². The lowest BCUT2D eigenvalue weighted by molar-refractivity contribution is -0.116. The second-order valence-corrected chi connectivity index (χ2v) is 7.48. The molecule has 4 heteroatoms. The van der Waals surface area contributed by atoms with E-state index >= 15 is 0 Å². The van der Waals surface area contributed by atoms with E-state index in [1.54, 1.807) is 0 Å². The molecule has 25 heavy (non-hydrogen) atoms. The van der Waals surface area contributed by atoms with Gasteiger partial charge in [-0.1, -0.05) is 38.1 Å². The van der Waals surface area contributed by atoms with Crippen LogP contribution in [-0.2, 0) is 4.79 Å². The minimum Gasteiger partial charge on any atom is -0.492 e. The predicted octanol–water partition coefficient (Wildman–Crippen LogP) is 5.99.